The predicted molar refractivity (Wildman–Crippen MR) is 106 cm³/mol. The van der Waals surface area contributed by atoms with Gasteiger partial charge in [-0.15, -0.1) is 12.4 Å². The molecule has 2 fully saturated rings. The van der Waals surface area contributed by atoms with Crippen LogP contribution in [0.4, 0.5) is 0 Å². The van der Waals surface area contributed by atoms with Crippen LogP contribution >= 0.6 is 12.4 Å². The molecule has 3 rings (SSSR count). The summed E-state index contributed by atoms with van der Waals surface area (Å²) in [6, 6.07) is 5.74. The van der Waals surface area contributed by atoms with Crippen LogP contribution in [0, 0.1) is 5.92 Å². The Morgan fingerprint density at radius 2 is 2.07 bits per heavy atom. The number of hydrogen-bond donors (Lipinski definition) is 3. The minimum Gasteiger partial charge on any atom is -0.493 e. The molecule has 1 amide bonds. The lowest BCUT2D eigenvalue weighted by Crippen LogP contribution is -2.32. The van der Waals surface area contributed by atoms with Gasteiger partial charge in [0.05, 0.1) is 13.2 Å². The normalized spacial score (nSPS) is 21.8. The van der Waals surface area contributed by atoms with E-state index in [-0.39, 0.29) is 36.9 Å². The molecule has 152 valence electrons. The van der Waals surface area contributed by atoms with E-state index >= 15 is 0 Å². The molecular formula is C19H30ClN3O4. The zero-order valence-corrected chi connectivity index (χ0v) is 16.6. The second-order valence-electron chi connectivity index (χ2n) is 6.98. The van der Waals surface area contributed by atoms with Crippen LogP contribution in [0.25, 0.3) is 0 Å². The van der Waals surface area contributed by atoms with Gasteiger partial charge >= 0.3 is 0 Å². The van der Waals surface area contributed by atoms with Gasteiger partial charge in [-0.25, -0.2) is 0 Å². The topological polar surface area (TPSA) is 83.1 Å². The van der Waals surface area contributed by atoms with Gasteiger partial charge in [0.15, 0.2) is 18.1 Å². The lowest BCUT2D eigenvalue weighted by molar-refractivity contribution is -0.132. The first kappa shape index (κ1) is 21.8. The molecule has 7 nitrogen and oxygen atoms in total. The highest BCUT2D eigenvalue weighted by Crippen LogP contribution is 2.28. The van der Waals surface area contributed by atoms with Crippen LogP contribution in [0.1, 0.15) is 18.4 Å². The molecule has 0 radical (unpaired) electrons. The molecular weight excluding hydrogens is 370 g/mol. The Kier molecular flexibility index (Phi) is 8.63. The number of rotatable bonds is 8. The fourth-order valence-corrected chi connectivity index (χ4v) is 3.47. The fraction of sp³-hybridized carbons (Fsp3) is 0.632. The summed E-state index contributed by atoms with van der Waals surface area (Å²) >= 11 is 0. The fourth-order valence-electron chi connectivity index (χ4n) is 3.47. The minimum absolute atomic E-state index is 0. The maximum absolute atomic E-state index is 12.1. The van der Waals surface area contributed by atoms with E-state index in [2.05, 4.69) is 10.6 Å². The number of halogens is 1. The molecule has 2 aliphatic heterocycles. The number of aliphatic hydroxyl groups excluding tert-OH is 1. The Morgan fingerprint density at radius 3 is 2.74 bits per heavy atom. The number of carbonyl (C=O) groups excluding carboxylic acids is 1. The number of amides is 1. The molecule has 1 aromatic rings. The van der Waals surface area contributed by atoms with Crippen LogP contribution in [-0.4, -0.2) is 68.5 Å². The third kappa shape index (κ3) is 5.97. The SMILES string of the molecule is COc1cc(CNCC2CNCC2O)ccc1OCC(=O)N1CCCC1.Cl. The quantitative estimate of drug-likeness (QED) is 0.599. The maximum atomic E-state index is 12.1. The van der Waals surface area contributed by atoms with E-state index in [1.807, 2.05) is 23.1 Å². The van der Waals surface area contributed by atoms with Crippen LogP contribution in [0.15, 0.2) is 18.2 Å². The molecule has 0 spiro atoms. The predicted octanol–water partition coefficient (Wildman–Crippen LogP) is 0.788. The molecule has 0 saturated carbocycles. The summed E-state index contributed by atoms with van der Waals surface area (Å²) in [4.78, 5) is 13.9. The Labute approximate surface area is 166 Å². The number of β-amino-alcohol motifs (C(OH)–C–C–N with tert-alkyl or cyclic N) is 1. The van der Waals surface area contributed by atoms with Crippen molar-refractivity contribution in [2.24, 2.45) is 5.92 Å². The number of benzene rings is 1. The van der Waals surface area contributed by atoms with E-state index in [1.54, 1.807) is 7.11 Å². The average Bonchev–Trinajstić information content (AvgIpc) is 3.32. The summed E-state index contributed by atoms with van der Waals surface area (Å²) in [5.41, 5.74) is 1.07. The third-order valence-corrected chi connectivity index (χ3v) is 5.08. The van der Waals surface area contributed by atoms with E-state index < -0.39 is 0 Å². The first-order valence-electron chi connectivity index (χ1n) is 9.34. The molecule has 27 heavy (non-hydrogen) atoms. The summed E-state index contributed by atoms with van der Waals surface area (Å²) in [5.74, 6) is 1.48. The van der Waals surface area contributed by atoms with Crippen molar-refractivity contribution < 1.29 is 19.4 Å². The summed E-state index contributed by atoms with van der Waals surface area (Å²) < 4.78 is 11.1. The van der Waals surface area contributed by atoms with E-state index in [0.717, 1.165) is 44.6 Å². The smallest absolute Gasteiger partial charge is 0.260 e. The van der Waals surface area contributed by atoms with Crippen LogP contribution < -0.4 is 20.1 Å². The number of nitrogens with one attached hydrogen (secondary N) is 2. The summed E-state index contributed by atoms with van der Waals surface area (Å²) in [6.07, 6.45) is 1.87. The van der Waals surface area contributed by atoms with Crippen molar-refractivity contribution >= 4 is 18.3 Å². The van der Waals surface area contributed by atoms with Crippen molar-refractivity contribution in [3.8, 4) is 11.5 Å². The highest BCUT2D eigenvalue weighted by atomic mass is 35.5. The Morgan fingerprint density at radius 1 is 1.30 bits per heavy atom. The van der Waals surface area contributed by atoms with Gasteiger partial charge in [-0.05, 0) is 30.5 Å². The highest BCUT2D eigenvalue weighted by Gasteiger charge is 2.24. The summed E-state index contributed by atoms with van der Waals surface area (Å²) in [6.45, 7) is 4.66. The first-order valence-corrected chi connectivity index (χ1v) is 9.34. The monoisotopic (exact) mass is 399 g/mol. The van der Waals surface area contributed by atoms with Crippen molar-refractivity contribution in [1.82, 2.24) is 15.5 Å². The van der Waals surface area contributed by atoms with E-state index in [1.165, 1.54) is 0 Å². The minimum atomic E-state index is -0.277. The average molecular weight is 400 g/mol. The summed E-state index contributed by atoms with van der Waals surface area (Å²) in [7, 11) is 1.60. The summed E-state index contributed by atoms with van der Waals surface area (Å²) in [5, 5.41) is 16.4. The van der Waals surface area contributed by atoms with Gasteiger partial charge in [0.2, 0.25) is 0 Å². The number of likely N-dealkylation sites (tertiary alicyclic amines) is 1. The Bertz CT molecular complexity index is 611. The van der Waals surface area contributed by atoms with Crippen LogP contribution in [0.3, 0.4) is 0 Å². The van der Waals surface area contributed by atoms with Gasteiger partial charge in [0.1, 0.15) is 0 Å². The molecule has 8 heteroatoms. The number of aliphatic hydroxyl groups is 1. The van der Waals surface area contributed by atoms with Crippen LogP contribution in [0.5, 0.6) is 11.5 Å². The van der Waals surface area contributed by atoms with Gasteiger partial charge < -0.3 is 30.1 Å². The van der Waals surface area contributed by atoms with E-state index in [9.17, 15) is 9.90 Å². The molecule has 3 N–H and O–H groups in total. The van der Waals surface area contributed by atoms with Gasteiger partial charge in [0.25, 0.3) is 5.91 Å². The van der Waals surface area contributed by atoms with Crippen molar-refractivity contribution in [3.05, 3.63) is 23.8 Å². The van der Waals surface area contributed by atoms with Crippen molar-refractivity contribution in [3.63, 3.8) is 0 Å². The van der Waals surface area contributed by atoms with Crippen LogP contribution in [-0.2, 0) is 11.3 Å². The first-order chi connectivity index (χ1) is 12.7. The van der Waals surface area contributed by atoms with Crippen molar-refractivity contribution in [2.45, 2.75) is 25.5 Å². The lowest BCUT2D eigenvalue weighted by Gasteiger charge is -2.17. The highest BCUT2D eigenvalue weighted by molar-refractivity contribution is 5.85. The third-order valence-electron chi connectivity index (χ3n) is 5.08. The van der Waals surface area contributed by atoms with Gasteiger partial charge in [0, 0.05) is 45.2 Å². The molecule has 0 aliphatic carbocycles. The number of hydrogen-bond acceptors (Lipinski definition) is 6. The zero-order valence-electron chi connectivity index (χ0n) is 15.8. The molecule has 0 bridgehead atoms. The largest absolute Gasteiger partial charge is 0.493 e. The second kappa shape index (κ2) is 10.7. The molecule has 2 heterocycles. The molecule has 2 atom stereocenters. The van der Waals surface area contributed by atoms with Crippen molar-refractivity contribution in [1.29, 1.82) is 0 Å². The van der Waals surface area contributed by atoms with Crippen LogP contribution in [0.2, 0.25) is 0 Å². The van der Waals surface area contributed by atoms with E-state index in [4.69, 9.17) is 9.47 Å². The van der Waals surface area contributed by atoms with E-state index in [0.29, 0.717) is 24.6 Å². The molecule has 2 unspecified atom stereocenters. The molecule has 2 aliphatic rings. The van der Waals surface area contributed by atoms with Gasteiger partial charge in [-0.2, -0.15) is 0 Å². The van der Waals surface area contributed by atoms with Gasteiger partial charge in [-0.1, -0.05) is 6.07 Å². The molecule has 1 aromatic carbocycles. The zero-order chi connectivity index (χ0) is 18.4. The number of methoxy groups -OCH3 is 1. The number of nitrogens with zero attached hydrogens (tertiary/aromatic N) is 1. The maximum Gasteiger partial charge on any atom is 0.260 e. The standard InChI is InChI=1S/C19H29N3O4.ClH/c1-25-18-8-14(9-20-10-15-11-21-12-16(15)23)4-5-17(18)26-13-19(24)22-6-2-3-7-22;/h4-5,8,15-16,20-21,23H,2-3,6-7,9-13H2,1H3;1H. The Hall–Kier alpha value is -1.54. The molecule has 0 aromatic heterocycles. The van der Waals surface area contributed by atoms with Crippen molar-refractivity contribution in [2.75, 3.05) is 46.4 Å². The molecule has 2 saturated heterocycles. The van der Waals surface area contributed by atoms with Gasteiger partial charge in [-0.3, -0.25) is 4.79 Å². The number of ether oxygens (including phenoxy) is 2. The second-order valence-corrected chi connectivity index (χ2v) is 6.98. The Balaban J connectivity index is 0.00000261. The lowest BCUT2D eigenvalue weighted by atomic mass is 10.1. The number of carbonyl (C=O) groups is 1.